The quantitative estimate of drug-likeness (QED) is 0.780. The van der Waals surface area contributed by atoms with Gasteiger partial charge in [0.15, 0.2) is 27.3 Å². The number of halogens is 3. The summed E-state index contributed by atoms with van der Waals surface area (Å²) >= 11 is 0. The van der Waals surface area contributed by atoms with Crippen LogP contribution in [0.3, 0.4) is 0 Å². The number of amides is 2. The highest BCUT2D eigenvalue weighted by molar-refractivity contribution is 7.92. The zero-order valence-corrected chi connectivity index (χ0v) is 16.2. The molecule has 0 radical (unpaired) electrons. The summed E-state index contributed by atoms with van der Waals surface area (Å²) in [6, 6.07) is 0.281. The van der Waals surface area contributed by atoms with Gasteiger partial charge >= 0.3 is 6.03 Å². The summed E-state index contributed by atoms with van der Waals surface area (Å²) in [7, 11) is -3.60. The predicted molar refractivity (Wildman–Crippen MR) is 94.9 cm³/mol. The number of rotatable bonds is 3. The molecule has 2 heterocycles. The number of nitrogens with zero attached hydrogens (tertiary/aromatic N) is 3. The number of sulfone groups is 1. The van der Waals surface area contributed by atoms with Gasteiger partial charge < -0.3 is 10.2 Å². The van der Waals surface area contributed by atoms with Gasteiger partial charge in [0.25, 0.3) is 0 Å². The Morgan fingerprint density at radius 3 is 2.43 bits per heavy atom. The second-order valence-electron chi connectivity index (χ2n) is 6.89. The van der Waals surface area contributed by atoms with Gasteiger partial charge in [-0.15, -0.1) is 0 Å². The van der Waals surface area contributed by atoms with Crippen molar-refractivity contribution >= 4 is 21.6 Å². The Labute approximate surface area is 160 Å². The highest BCUT2D eigenvalue weighted by Gasteiger charge is 2.34. The Kier molecular flexibility index (Phi) is 5.13. The highest BCUT2D eigenvalue weighted by atomic mass is 32.2. The van der Waals surface area contributed by atoms with Crippen molar-refractivity contribution in [2.45, 2.75) is 50.0 Å². The van der Waals surface area contributed by atoms with E-state index in [0.29, 0.717) is 17.8 Å². The van der Waals surface area contributed by atoms with Gasteiger partial charge in [-0.3, -0.25) is 4.68 Å². The maximum atomic E-state index is 13.4. The van der Waals surface area contributed by atoms with Crippen LogP contribution < -0.4 is 5.32 Å². The van der Waals surface area contributed by atoms with Crippen molar-refractivity contribution in [3.8, 4) is 0 Å². The number of aromatic nitrogens is 2. The van der Waals surface area contributed by atoms with Crippen LogP contribution in [0.5, 0.6) is 0 Å². The molecule has 3 rings (SSSR count). The lowest BCUT2D eigenvalue weighted by atomic mass is 10.2. The number of carbonyl (C=O) groups is 1. The van der Waals surface area contributed by atoms with Crippen LogP contribution in [0.1, 0.15) is 26.5 Å². The zero-order chi connectivity index (χ0) is 20.8. The molecule has 0 fully saturated rings. The van der Waals surface area contributed by atoms with Crippen molar-refractivity contribution in [1.82, 2.24) is 14.7 Å². The number of carbonyl (C=O) groups excluding carboxylic acids is 1. The van der Waals surface area contributed by atoms with Gasteiger partial charge in [-0.05, 0) is 20.8 Å². The molecule has 1 atom stereocenters. The minimum absolute atomic E-state index is 0.0473. The molecule has 0 bridgehead atoms. The van der Waals surface area contributed by atoms with Gasteiger partial charge in [-0.25, -0.2) is 26.4 Å². The first-order chi connectivity index (χ1) is 13.0. The van der Waals surface area contributed by atoms with Crippen LogP contribution in [0.2, 0.25) is 0 Å². The van der Waals surface area contributed by atoms with Crippen LogP contribution in [0.25, 0.3) is 0 Å². The van der Waals surface area contributed by atoms with E-state index in [-0.39, 0.29) is 29.7 Å². The van der Waals surface area contributed by atoms with Gasteiger partial charge in [0, 0.05) is 17.8 Å². The average Bonchev–Trinajstić information content (AvgIpc) is 3.01. The van der Waals surface area contributed by atoms with Gasteiger partial charge in [-0.1, -0.05) is 0 Å². The number of nitrogens with one attached hydrogen (secondary N) is 1. The van der Waals surface area contributed by atoms with Crippen molar-refractivity contribution in [2.75, 3.05) is 5.32 Å². The maximum Gasteiger partial charge on any atom is 0.322 e. The van der Waals surface area contributed by atoms with E-state index in [9.17, 15) is 26.4 Å². The third kappa shape index (κ3) is 3.46. The van der Waals surface area contributed by atoms with E-state index < -0.39 is 38.6 Å². The van der Waals surface area contributed by atoms with E-state index in [1.54, 1.807) is 20.8 Å². The molecular formula is C17H19F3N4O3S. The molecule has 0 unspecified atom stereocenters. The summed E-state index contributed by atoms with van der Waals surface area (Å²) in [6.45, 7) is 5.02. The first kappa shape index (κ1) is 20.2. The summed E-state index contributed by atoms with van der Waals surface area (Å²) in [4.78, 5) is 14.0. The first-order valence-electron chi connectivity index (χ1n) is 8.53. The van der Waals surface area contributed by atoms with Crippen LogP contribution in [0.15, 0.2) is 23.2 Å². The molecule has 1 aromatic heterocycles. The Bertz CT molecular complexity index is 1010. The molecule has 1 aliphatic heterocycles. The number of anilines is 1. The van der Waals surface area contributed by atoms with E-state index in [2.05, 4.69) is 10.4 Å². The average molecular weight is 416 g/mol. The van der Waals surface area contributed by atoms with Crippen LogP contribution >= 0.6 is 0 Å². The van der Waals surface area contributed by atoms with Crippen LogP contribution in [-0.4, -0.2) is 40.4 Å². The number of hydrogen-bond donors (Lipinski definition) is 1. The summed E-state index contributed by atoms with van der Waals surface area (Å²) in [5.41, 5.74) is 0.112. The lowest BCUT2D eigenvalue weighted by Crippen LogP contribution is -2.47. The first-order valence-corrected chi connectivity index (χ1v) is 10.1. The van der Waals surface area contributed by atoms with E-state index in [1.807, 2.05) is 0 Å². The lowest BCUT2D eigenvalue weighted by Gasteiger charge is -2.34. The Morgan fingerprint density at radius 2 is 1.86 bits per heavy atom. The molecule has 2 aromatic rings. The Balaban J connectivity index is 1.87. The van der Waals surface area contributed by atoms with Crippen molar-refractivity contribution in [1.29, 1.82) is 0 Å². The molecule has 28 heavy (non-hydrogen) atoms. The third-order valence-electron chi connectivity index (χ3n) is 4.62. The molecule has 0 aliphatic carbocycles. The fraction of sp³-hybridized carbons (Fsp3) is 0.412. The largest absolute Gasteiger partial charge is 0.322 e. The Morgan fingerprint density at radius 1 is 1.25 bits per heavy atom. The standard InChI is InChI=1S/C17H19F3N4O3S/c1-9(2)28(26,27)15-6-21-24-7-10(3)23(8-14(15)24)17(25)22-11-4-12(18)16(20)13(19)5-11/h4-6,9-10H,7-8H2,1-3H3,(H,22,25)/t10-/m0/s1. The minimum atomic E-state index is -3.60. The topological polar surface area (TPSA) is 84.3 Å². The summed E-state index contributed by atoms with van der Waals surface area (Å²) in [5.74, 6) is -4.48. The van der Waals surface area contributed by atoms with Gasteiger partial charge in [0.05, 0.1) is 36.3 Å². The van der Waals surface area contributed by atoms with Gasteiger partial charge in [-0.2, -0.15) is 5.10 Å². The van der Waals surface area contributed by atoms with E-state index in [4.69, 9.17) is 0 Å². The Hall–Kier alpha value is -2.56. The molecule has 0 spiro atoms. The monoisotopic (exact) mass is 416 g/mol. The second-order valence-corrected chi connectivity index (χ2v) is 9.36. The number of fused-ring (bicyclic) bond motifs is 1. The SMILES string of the molecule is CC(C)S(=O)(=O)c1cnn2c1CN(C(=O)Nc1cc(F)c(F)c(F)c1)[C@@H](C)C2. The molecule has 1 N–H and O–H groups in total. The van der Waals surface area contributed by atoms with E-state index in [0.717, 1.165) is 0 Å². The maximum absolute atomic E-state index is 13.4. The fourth-order valence-electron chi connectivity index (χ4n) is 2.96. The smallest absolute Gasteiger partial charge is 0.314 e. The number of benzene rings is 1. The molecule has 11 heteroatoms. The molecule has 7 nitrogen and oxygen atoms in total. The molecule has 0 saturated carbocycles. The van der Waals surface area contributed by atoms with Crippen LogP contribution in [-0.2, 0) is 22.9 Å². The van der Waals surface area contributed by atoms with Crippen molar-refractivity contribution < 1.29 is 26.4 Å². The number of urea groups is 1. The fourth-order valence-corrected chi connectivity index (χ4v) is 4.16. The molecule has 0 saturated heterocycles. The number of hydrogen-bond acceptors (Lipinski definition) is 4. The minimum Gasteiger partial charge on any atom is -0.314 e. The highest BCUT2D eigenvalue weighted by Crippen LogP contribution is 2.27. The van der Waals surface area contributed by atoms with Crippen molar-refractivity contribution in [3.63, 3.8) is 0 Å². The summed E-state index contributed by atoms with van der Waals surface area (Å²) in [6.07, 6.45) is 1.27. The molecule has 1 aliphatic rings. The molecule has 2 amide bonds. The van der Waals surface area contributed by atoms with E-state index in [1.165, 1.54) is 15.8 Å². The molecule has 152 valence electrons. The van der Waals surface area contributed by atoms with Crippen molar-refractivity contribution in [3.05, 3.63) is 41.5 Å². The summed E-state index contributed by atoms with van der Waals surface area (Å²) < 4.78 is 66.4. The van der Waals surface area contributed by atoms with E-state index >= 15 is 0 Å². The lowest BCUT2D eigenvalue weighted by molar-refractivity contribution is 0.160. The molecule has 1 aromatic carbocycles. The second kappa shape index (κ2) is 7.12. The third-order valence-corrected chi connectivity index (χ3v) is 6.82. The van der Waals surface area contributed by atoms with Crippen LogP contribution in [0.4, 0.5) is 23.7 Å². The van der Waals surface area contributed by atoms with Crippen molar-refractivity contribution in [2.24, 2.45) is 0 Å². The predicted octanol–water partition coefficient (Wildman–Crippen LogP) is 2.92. The normalized spacial score (nSPS) is 17.0. The van der Waals surface area contributed by atoms with Gasteiger partial charge in [0.2, 0.25) is 0 Å². The molecular weight excluding hydrogens is 397 g/mol. The summed E-state index contributed by atoms with van der Waals surface area (Å²) in [5, 5.41) is 5.76. The van der Waals surface area contributed by atoms with Gasteiger partial charge in [0.1, 0.15) is 4.90 Å². The van der Waals surface area contributed by atoms with Crippen LogP contribution in [0, 0.1) is 17.5 Å². The zero-order valence-electron chi connectivity index (χ0n) is 15.4.